The largest absolute Gasteiger partial charge is 0.573 e. The Morgan fingerprint density at radius 3 is 2.52 bits per heavy atom. The number of benzene rings is 2. The molecule has 1 unspecified atom stereocenters. The predicted molar refractivity (Wildman–Crippen MR) is 101 cm³/mol. The van der Waals surface area contributed by atoms with Gasteiger partial charge >= 0.3 is 6.36 Å². The topological polar surface area (TPSA) is 70.4 Å². The number of nitriles is 1. The number of ether oxygens (including phenoxy) is 1. The fourth-order valence-electron chi connectivity index (χ4n) is 3.90. The summed E-state index contributed by atoms with van der Waals surface area (Å²) in [6.45, 7) is -0.332. The first-order valence-corrected chi connectivity index (χ1v) is 9.31. The number of carbonyl (C=O) groups excluding carboxylic acids is 2. The first-order chi connectivity index (χ1) is 14.7. The van der Waals surface area contributed by atoms with Crippen LogP contribution in [0.1, 0.15) is 12.8 Å². The molecule has 1 aliphatic heterocycles. The van der Waals surface area contributed by atoms with Gasteiger partial charge in [0.05, 0.1) is 24.2 Å². The summed E-state index contributed by atoms with van der Waals surface area (Å²) in [5, 5.41) is 9.25. The van der Waals surface area contributed by atoms with E-state index in [1.807, 2.05) is 6.07 Å². The average molecular weight is 430 g/mol. The third kappa shape index (κ3) is 3.89. The summed E-state index contributed by atoms with van der Waals surface area (Å²) in [5.74, 6) is -2.88. The number of alkyl halides is 3. The van der Waals surface area contributed by atoms with E-state index in [9.17, 15) is 32.4 Å². The van der Waals surface area contributed by atoms with Gasteiger partial charge in [-0.05, 0) is 48.2 Å². The standard InChI is InChI=1S/C22H14F4N2O3/c23-17-9-13(12-2-1-3-15(8-12)31-22(24,25)26)5-7-18(17)28-11-19(29)16-6-4-14(10-27)20(16)21(28)30/h1-3,5,7-9,14H,4,6,11H2. The first-order valence-electron chi connectivity index (χ1n) is 9.31. The quantitative estimate of drug-likeness (QED) is 0.671. The van der Waals surface area contributed by atoms with E-state index in [1.165, 1.54) is 24.3 Å². The van der Waals surface area contributed by atoms with Crippen LogP contribution in [0.15, 0.2) is 53.6 Å². The van der Waals surface area contributed by atoms with Crippen molar-refractivity contribution in [3.63, 3.8) is 0 Å². The number of carbonyl (C=O) groups is 2. The zero-order valence-corrected chi connectivity index (χ0v) is 15.9. The van der Waals surface area contributed by atoms with Crippen LogP contribution in [0.4, 0.5) is 23.2 Å². The molecule has 0 radical (unpaired) electrons. The van der Waals surface area contributed by atoms with Crippen molar-refractivity contribution in [2.45, 2.75) is 19.2 Å². The van der Waals surface area contributed by atoms with Gasteiger partial charge in [-0.15, -0.1) is 13.2 Å². The molecule has 1 heterocycles. The maximum atomic E-state index is 14.9. The van der Waals surface area contributed by atoms with Crippen LogP contribution in [0.5, 0.6) is 5.75 Å². The summed E-state index contributed by atoms with van der Waals surface area (Å²) in [6.07, 6.45) is -4.13. The van der Waals surface area contributed by atoms with Crippen molar-refractivity contribution < 1.29 is 31.9 Å². The minimum Gasteiger partial charge on any atom is -0.406 e. The van der Waals surface area contributed by atoms with Gasteiger partial charge in [0.1, 0.15) is 11.6 Å². The number of ketones is 1. The fraction of sp³-hybridized carbons (Fsp3) is 0.227. The van der Waals surface area contributed by atoms with E-state index >= 15 is 0 Å². The monoisotopic (exact) mass is 430 g/mol. The number of nitrogens with zero attached hydrogens (tertiary/aromatic N) is 2. The Kier molecular flexibility index (Phi) is 5.01. The Labute approximate surface area is 174 Å². The predicted octanol–water partition coefficient (Wildman–Crippen LogP) is 4.54. The Balaban J connectivity index is 1.65. The lowest BCUT2D eigenvalue weighted by Gasteiger charge is -2.28. The molecule has 158 valence electrons. The van der Waals surface area contributed by atoms with Gasteiger partial charge in [-0.25, -0.2) is 4.39 Å². The molecule has 0 N–H and O–H groups in total. The molecular weight excluding hydrogens is 416 g/mol. The van der Waals surface area contributed by atoms with E-state index in [0.29, 0.717) is 18.4 Å². The number of halogens is 4. The molecule has 0 spiro atoms. The zero-order valence-electron chi connectivity index (χ0n) is 15.9. The molecule has 5 nitrogen and oxygen atoms in total. The third-order valence-corrected chi connectivity index (χ3v) is 5.27. The number of anilines is 1. The number of rotatable bonds is 3. The van der Waals surface area contributed by atoms with Crippen LogP contribution in [0, 0.1) is 23.1 Å². The molecule has 4 rings (SSSR count). The van der Waals surface area contributed by atoms with Crippen LogP contribution in [0.3, 0.4) is 0 Å². The van der Waals surface area contributed by atoms with E-state index < -0.39 is 29.8 Å². The lowest BCUT2D eigenvalue weighted by Crippen LogP contribution is -2.42. The second kappa shape index (κ2) is 7.54. The normalized spacial score (nSPS) is 18.8. The lowest BCUT2D eigenvalue weighted by molar-refractivity contribution is -0.274. The molecule has 1 amide bonds. The molecule has 2 aromatic carbocycles. The van der Waals surface area contributed by atoms with Crippen molar-refractivity contribution in [3.05, 3.63) is 59.4 Å². The highest BCUT2D eigenvalue weighted by molar-refractivity contribution is 6.20. The first kappa shape index (κ1) is 20.6. The van der Waals surface area contributed by atoms with Crippen molar-refractivity contribution in [1.29, 1.82) is 5.26 Å². The lowest BCUT2D eigenvalue weighted by atomic mass is 9.95. The maximum absolute atomic E-state index is 14.9. The molecule has 0 fully saturated rings. The van der Waals surface area contributed by atoms with Crippen molar-refractivity contribution in [1.82, 2.24) is 0 Å². The molecule has 2 aliphatic rings. The molecule has 2 aromatic rings. The van der Waals surface area contributed by atoms with E-state index in [2.05, 4.69) is 4.74 Å². The van der Waals surface area contributed by atoms with Crippen LogP contribution < -0.4 is 9.64 Å². The van der Waals surface area contributed by atoms with Gasteiger partial charge in [-0.3, -0.25) is 14.5 Å². The minimum absolute atomic E-state index is 0.124. The smallest absolute Gasteiger partial charge is 0.406 e. The van der Waals surface area contributed by atoms with Gasteiger partial charge in [-0.1, -0.05) is 18.2 Å². The van der Waals surface area contributed by atoms with Gasteiger partial charge in [-0.2, -0.15) is 5.26 Å². The van der Waals surface area contributed by atoms with Gasteiger partial charge < -0.3 is 4.74 Å². The Hall–Kier alpha value is -3.67. The Morgan fingerprint density at radius 2 is 1.84 bits per heavy atom. The number of hydrogen-bond acceptors (Lipinski definition) is 4. The Morgan fingerprint density at radius 1 is 1.10 bits per heavy atom. The van der Waals surface area contributed by atoms with E-state index in [-0.39, 0.29) is 34.7 Å². The summed E-state index contributed by atoms with van der Waals surface area (Å²) in [5.41, 5.74) is 0.865. The van der Waals surface area contributed by atoms with Crippen molar-refractivity contribution >= 4 is 17.4 Å². The van der Waals surface area contributed by atoms with Gasteiger partial charge in [0.25, 0.3) is 5.91 Å². The summed E-state index contributed by atoms with van der Waals surface area (Å²) >= 11 is 0. The molecular formula is C22H14F4N2O3. The molecule has 31 heavy (non-hydrogen) atoms. The second-order valence-electron chi connectivity index (χ2n) is 7.17. The van der Waals surface area contributed by atoms with Crippen LogP contribution in [0.2, 0.25) is 0 Å². The molecule has 0 saturated heterocycles. The van der Waals surface area contributed by atoms with Crippen molar-refractivity contribution in [3.8, 4) is 22.9 Å². The zero-order chi connectivity index (χ0) is 22.3. The molecule has 1 aliphatic carbocycles. The SMILES string of the molecule is N#CC1CCC2=C1C(=O)N(c1ccc(-c3cccc(OC(F)(F)F)c3)cc1F)CC2=O. The van der Waals surface area contributed by atoms with Crippen LogP contribution in [0.25, 0.3) is 11.1 Å². The minimum atomic E-state index is -4.86. The van der Waals surface area contributed by atoms with Gasteiger partial charge in [0.2, 0.25) is 0 Å². The average Bonchev–Trinajstić information content (AvgIpc) is 3.15. The molecule has 9 heteroatoms. The summed E-state index contributed by atoms with van der Waals surface area (Å²) < 4.78 is 56.1. The fourth-order valence-corrected chi connectivity index (χ4v) is 3.90. The molecule has 1 atom stereocenters. The number of amides is 1. The highest BCUT2D eigenvalue weighted by atomic mass is 19.4. The van der Waals surface area contributed by atoms with Crippen molar-refractivity contribution in [2.24, 2.45) is 5.92 Å². The molecule has 0 aromatic heterocycles. The summed E-state index contributed by atoms with van der Waals surface area (Å²) in [6, 6.07) is 10.9. The van der Waals surface area contributed by atoms with Crippen LogP contribution in [-0.2, 0) is 9.59 Å². The number of hydrogen-bond donors (Lipinski definition) is 0. The van der Waals surface area contributed by atoms with Crippen molar-refractivity contribution in [2.75, 3.05) is 11.4 Å². The van der Waals surface area contributed by atoms with Gasteiger partial charge in [0, 0.05) is 11.1 Å². The molecule has 0 saturated carbocycles. The van der Waals surface area contributed by atoms with Crippen LogP contribution >= 0.6 is 0 Å². The van der Waals surface area contributed by atoms with Crippen LogP contribution in [-0.4, -0.2) is 24.6 Å². The van der Waals surface area contributed by atoms with E-state index in [0.717, 1.165) is 23.1 Å². The second-order valence-corrected chi connectivity index (χ2v) is 7.17. The molecule has 0 bridgehead atoms. The van der Waals surface area contributed by atoms with E-state index in [4.69, 9.17) is 0 Å². The highest BCUT2D eigenvalue weighted by Gasteiger charge is 2.41. The van der Waals surface area contributed by atoms with E-state index in [1.54, 1.807) is 0 Å². The number of Topliss-reactive ketones (excluding diaryl/α,β-unsaturated/α-hetero) is 1. The third-order valence-electron chi connectivity index (χ3n) is 5.27. The maximum Gasteiger partial charge on any atom is 0.573 e. The summed E-state index contributed by atoms with van der Waals surface area (Å²) in [4.78, 5) is 26.3. The summed E-state index contributed by atoms with van der Waals surface area (Å²) in [7, 11) is 0. The highest BCUT2D eigenvalue weighted by Crippen LogP contribution is 2.38. The van der Waals surface area contributed by atoms with Gasteiger partial charge in [0.15, 0.2) is 5.78 Å². The Bertz CT molecular complexity index is 1160.